The summed E-state index contributed by atoms with van der Waals surface area (Å²) >= 11 is 6.05. The van der Waals surface area contributed by atoms with Crippen molar-refractivity contribution in [3.8, 4) is 5.69 Å². The number of para-hydroxylation sites is 2. The molecule has 1 aliphatic carbocycles. The lowest BCUT2D eigenvalue weighted by atomic mass is 9.85. The first-order valence-electron chi connectivity index (χ1n) is 14.0. The maximum atomic E-state index is 13.9. The van der Waals surface area contributed by atoms with Gasteiger partial charge in [-0.05, 0) is 68.9 Å². The summed E-state index contributed by atoms with van der Waals surface area (Å²) in [6.07, 6.45) is 4.96. The number of halogens is 1. The van der Waals surface area contributed by atoms with Crippen LogP contribution in [0, 0.1) is 12.8 Å². The molecule has 0 bridgehead atoms. The van der Waals surface area contributed by atoms with Crippen LogP contribution in [-0.2, 0) is 6.54 Å². The Balaban J connectivity index is 1.21. The van der Waals surface area contributed by atoms with Crippen LogP contribution < -0.4 is 11.0 Å². The number of benzene rings is 2. The highest BCUT2D eigenvalue weighted by atomic mass is 35.5. The fraction of sp³-hybridized carbons (Fsp3) is 0.323. The average molecular weight is 587 g/mol. The van der Waals surface area contributed by atoms with E-state index in [0.29, 0.717) is 45.4 Å². The lowest BCUT2D eigenvalue weighted by Crippen LogP contribution is -2.39. The van der Waals surface area contributed by atoms with Gasteiger partial charge in [0.1, 0.15) is 0 Å². The monoisotopic (exact) mass is 586 g/mol. The lowest BCUT2D eigenvalue weighted by molar-refractivity contribution is 0.0818. The predicted octanol–water partition coefficient (Wildman–Crippen LogP) is 4.98. The summed E-state index contributed by atoms with van der Waals surface area (Å²) in [6.45, 7) is 2.37. The van der Waals surface area contributed by atoms with E-state index in [2.05, 4.69) is 15.5 Å². The third kappa shape index (κ3) is 5.07. The van der Waals surface area contributed by atoms with Crippen LogP contribution in [0.1, 0.15) is 52.2 Å². The number of imidazole rings is 1. The number of amides is 2. The number of fused-ring (bicyclic) bond motifs is 2. The van der Waals surface area contributed by atoms with Crippen LogP contribution in [0.2, 0.25) is 5.02 Å². The molecule has 6 rings (SSSR count). The molecule has 3 aromatic heterocycles. The van der Waals surface area contributed by atoms with E-state index in [0.717, 1.165) is 36.7 Å². The largest absolute Gasteiger partial charge is 0.355 e. The van der Waals surface area contributed by atoms with Crippen molar-refractivity contribution in [1.29, 1.82) is 0 Å². The van der Waals surface area contributed by atoms with Crippen molar-refractivity contribution in [2.45, 2.75) is 45.2 Å². The minimum Gasteiger partial charge on any atom is -0.355 e. The second kappa shape index (κ2) is 11.1. The Morgan fingerprint density at radius 3 is 2.55 bits per heavy atom. The van der Waals surface area contributed by atoms with Crippen molar-refractivity contribution in [3.05, 3.63) is 87.2 Å². The molecule has 10 nitrogen and oxygen atoms in total. The van der Waals surface area contributed by atoms with E-state index in [4.69, 9.17) is 16.1 Å². The van der Waals surface area contributed by atoms with Crippen LogP contribution in [0.4, 0.5) is 0 Å². The summed E-state index contributed by atoms with van der Waals surface area (Å²) in [7, 11) is 3.32. The van der Waals surface area contributed by atoms with E-state index in [9.17, 15) is 14.4 Å². The zero-order chi connectivity index (χ0) is 29.5. The van der Waals surface area contributed by atoms with Gasteiger partial charge < -0.3 is 14.7 Å². The topological polar surface area (TPSA) is 115 Å². The van der Waals surface area contributed by atoms with Gasteiger partial charge in [0, 0.05) is 38.9 Å². The quantitative estimate of drug-likeness (QED) is 0.300. The van der Waals surface area contributed by atoms with Crippen molar-refractivity contribution >= 4 is 45.4 Å². The van der Waals surface area contributed by atoms with Gasteiger partial charge in [-0.25, -0.2) is 4.79 Å². The summed E-state index contributed by atoms with van der Waals surface area (Å²) in [5.41, 5.74) is 3.95. The van der Waals surface area contributed by atoms with Crippen LogP contribution in [-0.4, -0.2) is 56.1 Å². The number of carbonyl (C=O) groups is 2. The number of carbonyl (C=O) groups excluding carboxylic acids is 2. The van der Waals surface area contributed by atoms with Gasteiger partial charge in [0.05, 0.1) is 38.4 Å². The molecule has 2 amide bonds. The molecule has 1 aliphatic rings. The number of rotatable bonds is 6. The van der Waals surface area contributed by atoms with Gasteiger partial charge in [0.25, 0.3) is 11.8 Å². The summed E-state index contributed by atoms with van der Waals surface area (Å²) in [5.74, 6) is -0.116. The normalized spacial score (nSPS) is 17.0. The number of aryl methyl sites for hydroxylation is 1. The molecule has 1 saturated carbocycles. The summed E-state index contributed by atoms with van der Waals surface area (Å²) in [5, 5.41) is 8.14. The number of pyridine rings is 1. The van der Waals surface area contributed by atoms with E-state index in [1.807, 2.05) is 34.9 Å². The van der Waals surface area contributed by atoms with E-state index in [-0.39, 0.29) is 29.2 Å². The van der Waals surface area contributed by atoms with Crippen LogP contribution in [0.15, 0.2) is 64.0 Å². The van der Waals surface area contributed by atoms with E-state index in [1.54, 1.807) is 43.8 Å². The molecule has 42 heavy (non-hydrogen) atoms. The molecule has 0 radical (unpaired) electrons. The maximum absolute atomic E-state index is 13.9. The molecule has 11 heteroatoms. The van der Waals surface area contributed by atoms with Gasteiger partial charge in [-0.15, -0.1) is 0 Å². The van der Waals surface area contributed by atoms with Crippen LogP contribution >= 0.6 is 11.6 Å². The van der Waals surface area contributed by atoms with Gasteiger partial charge in [0.2, 0.25) is 0 Å². The molecule has 0 saturated heterocycles. The first-order chi connectivity index (χ1) is 20.2. The first-order valence-corrected chi connectivity index (χ1v) is 14.3. The molecule has 0 atom stereocenters. The molecule has 2 aromatic carbocycles. The molecule has 3 heterocycles. The number of nitrogens with zero attached hydrogens (tertiary/aromatic N) is 5. The van der Waals surface area contributed by atoms with Crippen LogP contribution in [0.3, 0.4) is 0 Å². The van der Waals surface area contributed by atoms with Crippen molar-refractivity contribution < 1.29 is 14.1 Å². The van der Waals surface area contributed by atoms with Gasteiger partial charge >= 0.3 is 5.69 Å². The van der Waals surface area contributed by atoms with Gasteiger partial charge in [0.15, 0.2) is 11.3 Å². The first kappa shape index (κ1) is 27.7. The Hall–Kier alpha value is -4.44. The Labute approximate surface area is 246 Å². The SMILES string of the molecule is Cc1ncc(Cl)cc1C(=O)N[C@H]1CC[C@H](Cn2c(=O)n(-c3ccc4c(C(=O)N(C)C)noc4c3)c3ccccc32)CC1. The Bertz CT molecular complexity index is 1880. The number of hydrogen-bond acceptors (Lipinski definition) is 6. The Morgan fingerprint density at radius 1 is 1.07 bits per heavy atom. The maximum Gasteiger partial charge on any atom is 0.333 e. The highest BCUT2D eigenvalue weighted by Gasteiger charge is 2.26. The smallest absolute Gasteiger partial charge is 0.333 e. The van der Waals surface area contributed by atoms with E-state index in [1.165, 1.54) is 11.1 Å². The second-order valence-electron chi connectivity index (χ2n) is 11.1. The number of hydrogen-bond donors (Lipinski definition) is 1. The fourth-order valence-electron chi connectivity index (χ4n) is 5.81. The summed E-state index contributed by atoms with van der Waals surface area (Å²) in [4.78, 5) is 44.8. The van der Waals surface area contributed by atoms with E-state index >= 15 is 0 Å². The van der Waals surface area contributed by atoms with Crippen molar-refractivity contribution in [2.75, 3.05) is 14.1 Å². The molecule has 216 valence electrons. The molecule has 0 unspecified atom stereocenters. The van der Waals surface area contributed by atoms with Gasteiger partial charge in [-0.1, -0.05) is 28.9 Å². The number of nitrogens with one attached hydrogen (secondary N) is 1. The Kier molecular flexibility index (Phi) is 7.32. The minimum atomic E-state index is -0.249. The van der Waals surface area contributed by atoms with E-state index < -0.39 is 0 Å². The predicted molar refractivity (Wildman–Crippen MR) is 160 cm³/mol. The second-order valence-corrected chi connectivity index (χ2v) is 11.5. The Morgan fingerprint density at radius 2 is 1.81 bits per heavy atom. The zero-order valence-corrected chi connectivity index (χ0v) is 24.4. The van der Waals surface area contributed by atoms with Gasteiger partial charge in [-0.3, -0.25) is 23.7 Å². The molecule has 5 aromatic rings. The molecule has 0 spiro atoms. The summed E-state index contributed by atoms with van der Waals surface area (Å²) in [6, 6.07) is 14.8. The minimum absolute atomic E-state index is 0.0584. The van der Waals surface area contributed by atoms with Crippen molar-refractivity contribution in [1.82, 2.24) is 29.5 Å². The molecule has 1 N–H and O–H groups in total. The standard InChI is InChI=1S/C31H31ClN6O4/c1-18-24(14-20(32)16-33-18)29(39)34-21-10-8-19(9-11-21)17-37-25-6-4-5-7-26(25)38(31(37)41)22-12-13-23-27(15-22)42-35-28(23)30(40)36(2)3/h4-7,12-16,19,21H,8-11,17H2,1-3H3,(H,34,39)/t19-,21-. The molecule has 1 fully saturated rings. The van der Waals surface area contributed by atoms with Gasteiger partial charge in [-0.2, -0.15) is 0 Å². The van der Waals surface area contributed by atoms with Crippen molar-refractivity contribution in [2.24, 2.45) is 5.92 Å². The lowest BCUT2D eigenvalue weighted by Gasteiger charge is -2.29. The number of aromatic nitrogens is 4. The third-order valence-electron chi connectivity index (χ3n) is 8.08. The molecular weight excluding hydrogens is 556 g/mol. The van der Waals surface area contributed by atoms with Crippen molar-refractivity contribution in [3.63, 3.8) is 0 Å². The van der Waals surface area contributed by atoms with Crippen LogP contribution in [0.5, 0.6) is 0 Å². The summed E-state index contributed by atoms with van der Waals surface area (Å²) < 4.78 is 9.00. The highest BCUT2D eigenvalue weighted by molar-refractivity contribution is 6.30. The van der Waals surface area contributed by atoms with Crippen LogP contribution in [0.25, 0.3) is 27.7 Å². The third-order valence-corrected chi connectivity index (χ3v) is 8.29. The average Bonchev–Trinajstić information content (AvgIpc) is 3.52. The fourth-order valence-corrected chi connectivity index (χ4v) is 5.97. The highest BCUT2D eigenvalue weighted by Crippen LogP contribution is 2.29. The molecular formula is C31H31ClN6O4. The zero-order valence-electron chi connectivity index (χ0n) is 23.6. The molecule has 0 aliphatic heterocycles.